The summed E-state index contributed by atoms with van der Waals surface area (Å²) in [6.07, 6.45) is 0.591. The lowest BCUT2D eigenvalue weighted by molar-refractivity contribution is 0.0248. The van der Waals surface area contributed by atoms with Crippen LogP contribution in [0.15, 0.2) is 5.11 Å². The van der Waals surface area contributed by atoms with Gasteiger partial charge in [-0.2, -0.15) is 0 Å². The molecule has 0 aromatic heterocycles. The number of carbonyl (C=O) groups is 1. The van der Waals surface area contributed by atoms with Gasteiger partial charge in [-0.25, -0.2) is 9.18 Å². The Balaban J connectivity index is 2.58. The molecule has 1 aliphatic heterocycles. The summed E-state index contributed by atoms with van der Waals surface area (Å²) >= 11 is 0. The van der Waals surface area contributed by atoms with Gasteiger partial charge in [-0.15, -0.1) is 0 Å². The topological polar surface area (TPSA) is 78.3 Å². The zero-order valence-electron chi connectivity index (χ0n) is 11.7. The second kappa shape index (κ2) is 6.10. The first-order chi connectivity index (χ1) is 8.76. The number of hydrogen-bond donors (Lipinski definition) is 0. The van der Waals surface area contributed by atoms with Crippen LogP contribution in [-0.4, -0.2) is 41.9 Å². The number of halogens is 1. The van der Waals surface area contributed by atoms with Crippen LogP contribution in [0.2, 0.25) is 0 Å². The molecule has 7 heteroatoms. The monoisotopic (exact) mass is 272 g/mol. The molecule has 0 aliphatic carbocycles. The van der Waals surface area contributed by atoms with E-state index in [1.54, 1.807) is 20.8 Å². The first-order valence-electron chi connectivity index (χ1n) is 6.43. The predicted octanol–water partition coefficient (Wildman–Crippen LogP) is 3.43. The van der Waals surface area contributed by atoms with Crippen LogP contribution >= 0.6 is 0 Å². The lowest BCUT2D eigenvalue weighted by atomic mass is 9.97. The van der Waals surface area contributed by atoms with E-state index >= 15 is 0 Å². The van der Waals surface area contributed by atoms with Crippen LogP contribution in [-0.2, 0) is 4.74 Å². The fourth-order valence-electron chi connectivity index (χ4n) is 1.98. The van der Waals surface area contributed by atoms with Gasteiger partial charge in [0.25, 0.3) is 0 Å². The molecule has 1 atom stereocenters. The third kappa shape index (κ3) is 5.34. The molecule has 1 heterocycles. The van der Waals surface area contributed by atoms with Gasteiger partial charge < -0.3 is 9.64 Å². The molecule has 0 N–H and O–H groups in total. The van der Waals surface area contributed by atoms with Crippen molar-refractivity contribution < 1.29 is 13.9 Å². The molecule has 0 spiro atoms. The van der Waals surface area contributed by atoms with Gasteiger partial charge in [0.2, 0.25) is 0 Å². The van der Waals surface area contributed by atoms with Gasteiger partial charge in [-0.1, -0.05) is 5.11 Å². The highest BCUT2D eigenvalue weighted by Gasteiger charge is 2.34. The molecule has 0 bridgehead atoms. The van der Waals surface area contributed by atoms with Crippen LogP contribution in [0.4, 0.5) is 9.18 Å². The Morgan fingerprint density at radius 3 is 2.74 bits per heavy atom. The van der Waals surface area contributed by atoms with Crippen molar-refractivity contribution in [2.75, 3.05) is 19.6 Å². The largest absolute Gasteiger partial charge is 0.444 e. The van der Waals surface area contributed by atoms with Crippen molar-refractivity contribution in [3.8, 4) is 0 Å². The van der Waals surface area contributed by atoms with Crippen molar-refractivity contribution >= 4 is 6.09 Å². The molecule has 0 aromatic carbocycles. The number of likely N-dealkylation sites (tertiary alicyclic amines) is 1. The highest BCUT2D eigenvalue weighted by molar-refractivity contribution is 5.68. The highest BCUT2D eigenvalue weighted by Crippen LogP contribution is 2.27. The van der Waals surface area contributed by atoms with Gasteiger partial charge in [0.15, 0.2) is 0 Å². The predicted molar refractivity (Wildman–Crippen MR) is 69.5 cm³/mol. The van der Waals surface area contributed by atoms with Crippen LogP contribution in [0.25, 0.3) is 10.4 Å². The minimum Gasteiger partial charge on any atom is -0.444 e. The van der Waals surface area contributed by atoms with Gasteiger partial charge in [-0.05, 0) is 45.6 Å². The number of amides is 1. The van der Waals surface area contributed by atoms with E-state index in [1.807, 2.05) is 0 Å². The molecule has 1 unspecified atom stereocenters. The van der Waals surface area contributed by atoms with Crippen LogP contribution in [0.3, 0.4) is 0 Å². The maximum atomic E-state index is 14.4. The van der Waals surface area contributed by atoms with Crippen LogP contribution < -0.4 is 0 Å². The summed E-state index contributed by atoms with van der Waals surface area (Å²) in [5, 5.41) is 3.31. The number of ether oxygens (including phenoxy) is 1. The Bertz CT molecular complexity index is 376. The van der Waals surface area contributed by atoms with Gasteiger partial charge in [0, 0.05) is 18.0 Å². The average Bonchev–Trinajstić information content (AvgIpc) is 2.47. The van der Waals surface area contributed by atoms with Crippen LogP contribution in [0.5, 0.6) is 0 Å². The van der Waals surface area contributed by atoms with Gasteiger partial charge in [0.1, 0.15) is 11.3 Å². The van der Waals surface area contributed by atoms with E-state index in [2.05, 4.69) is 10.0 Å². The van der Waals surface area contributed by atoms with Crippen molar-refractivity contribution in [3.63, 3.8) is 0 Å². The van der Waals surface area contributed by atoms with Crippen LogP contribution in [0.1, 0.15) is 40.0 Å². The van der Waals surface area contributed by atoms with Crippen molar-refractivity contribution in [1.82, 2.24) is 4.90 Å². The molecule has 19 heavy (non-hydrogen) atoms. The maximum Gasteiger partial charge on any atom is 0.410 e. The Hall–Kier alpha value is -1.49. The summed E-state index contributed by atoms with van der Waals surface area (Å²) in [7, 11) is 0. The van der Waals surface area contributed by atoms with Crippen molar-refractivity contribution in [2.24, 2.45) is 5.11 Å². The van der Waals surface area contributed by atoms with Crippen molar-refractivity contribution in [2.45, 2.75) is 51.3 Å². The fraction of sp³-hybridized carbons (Fsp3) is 0.917. The second-order valence-electron chi connectivity index (χ2n) is 5.86. The number of nitrogens with zero attached hydrogens (tertiary/aromatic N) is 4. The Labute approximate surface area is 112 Å². The molecule has 1 amide bonds. The molecule has 1 rings (SSSR count). The third-order valence-corrected chi connectivity index (χ3v) is 2.95. The van der Waals surface area contributed by atoms with E-state index in [1.165, 1.54) is 4.90 Å². The first kappa shape index (κ1) is 15.6. The van der Waals surface area contributed by atoms with E-state index in [4.69, 9.17) is 10.3 Å². The molecule has 0 radical (unpaired) electrons. The minimum atomic E-state index is -1.51. The number of carbonyl (C=O) groups excluding carboxylic acids is 1. The molecule has 108 valence electrons. The Morgan fingerprint density at radius 2 is 2.16 bits per heavy atom. The molecular weight excluding hydrogens is 251 g/mol. The van der Waals surface area contributed by atoms with Crippen molar-refractivity contribution in [3.05, 3.63) is 10.4 Å². The van der Waals surface area contributed by atoms with Gasteiger partial charge in [-0.3, -0.25) is 0 Å². The molecule has 0 aromatic rings. The zero-order chi connectivity index (χ0) is 14.5. The smallest absolute Gasteiger partial charge is 0.410 e. The van der Waals surface area contributed by atoms with Crippen molar-refractivity contribution in [1.29, 1.82) is 0 Å². The molecule has 1 saturated heterocycles. The normalized spacial score (nSPS) is 24.3. The number of hydrogen-bond acceptors (Lipinski definition) is 3. The van der Waals surface area contributed by atoms with Crippen LogP contribution in [0, 0.1) is 0 Å². The highest BCUT2D eigenvalue weighted by atomic mass is 19.1. The molecule has 0 saturated carbocycles. The lowest BCUT2D eigenvalue weighted by Gasteiger charge is -2.26. The first-order valence-corrected chi connectivity index (χ1v) is 6.43. The van der Waals surface area contributed by atoms with Gasteiger partial charge >= 0.3 is 6.09 Å². The minimum absolute atomic E-state index is 0.172. The zero-order valence-corrected chi connectivity index (χ0v) is 11.7. The quantitative estimate of drug-likeness (QED) is 0.438. The standard InChI is InChI=1S/C12H21FN4O2/c1-11(2,3)19-10(18)17-7-4-5-12(13,6-8-17)9-15-16-14/h4-9H2,1-3H3. The maximum absolute atomic E-state index is 14.4. The SMILES string of the molecule is CC(C)(C)OC(=O)N1CCCC(F)(CN=[N+]=[N-])CC1. The number of alkyl halides is 1. The number of azide groups is 1. The summed E-state index contributed by atoms with van der Waals surface area (Å²) in [5.74, 6) is 0. The average molecular weight is 272 g/mol. The van der Waals surface area contributed by atoms with E-state index in [0.717, 1.165) is 0 Å². The third-order valence-electron chi connectivity index (χ3n) is 2.95. The number of rotatable bonds is 2. The fourth-order valence-corrected chi connectivity index (χ4v) is 1.98. The molecule has 1 aliphatic rings. The molecule has 1 fully saturated rings. The summed E-state index contributed by atoms with van der Waals surface area (Å²) < 4.78 is 19.6. The second-order valence-corrected chi connectivity index (χ2v) is 5.86. The molecule has 6 nitrogen and oxygen atoms in total. The summed E-state index contributed by atoms with van der Waals surface area (Å²) in [4.78, 5) is 16.0. The van der Waals surface area contributed by atoms with E-state index in [9.17, 15) is 9.18 Å². The Kier molecular flexibility index (Phi) is 5.00. The van der Waals surface area contributed by atoms with E-state index in [0.29, 0.717) is 19.4 Å². The summed E-state index contributed by atoms with van der Waals surface area (Å²) in [6, 6.07) is 0. The lowest BCUT2D eigenvalue weighted by Crippen LogP contribution is -2.38. The van der Waals surface area contributed by atoms with Gasteiger partial charge in [0.05, 0.1) is 6.54 Å². The summed E-state index contributed by atoms with van der Waals surface area (Å²) in [6.45, 7) is 5.96. The molecular formula is C12H21FN4O2. The Morgan fingerprint density at radius 1 is 1.47 bits per heavy atom. The van der Waals surface area contributed by atoms with E-state index in [-0.39, 0.29) is 19.5 Å². The summed E-state index contributed by atoms with van der Waals surface area (Å²) in [5.41, 5.74) is 6.19. The van der Waals surface area contributed by atoms with E-state index < -0.39 is 17.4 Å².